The van der Waals surface area contributed by atoms with Crippen LogP contribution in [0.1, 0.15) is 18.3 Å². The molecule has 0 aromatic carbocycles. The number of amides is 1. The van der Waals surface area contributed by atoms with Crippen LogP contribution in [0.2, 0.25) is 0 Å². The molecule has 0 fully saturated rings. The van der Waals surface area contributed by atoms with E-state index in [1.54, 1.807) is 0 Å². The Kier molecular flexibility index (Phi) is 4.65. The fraction of sp³-hybridized carbons (Fsp3) is 0.500. The summed E-state index contributed by atoms with van der Waals surface area (Å²) in [6.45, 7) is 6.08. The molecule has 0 radical (unpaired) electrons. The maximum atomic E-state index is 11.2. The lowest BCUT2D eigenvalue weighted by Crippen LogP contribution is -2.33. The van der Waals surface area contributed by atoms with Gasteiger partial charge in [-0.15, -0.1) is 0 Å². The van der Waals surface area contributed by atoms with Crippen LogP contribution in [0, 0.1) is 13.8 Å². The maximum absolute atomic E-state index is 11.2. The Labute approximate surface area is 94.4 Å². The van der Waals surface area contributed by atoms with E-state index >= 15 is 0 Å². The zero-order valence-electron chi connectivity index (χ0n) is 9.70. The first kappa shape index (κ1) is 12.4. The number of hydrogen-bond acceptors (Lipinski definition) is 5. The molecular weight excluding hydrogens is 208 g/mol. The molecule has 0 aliphatic rings. The lowest BCUT2D eigenvalue weighted by molar-refractivity contribution is -0.125. The van der Waals surface area contributed by atoms with Crippen LogP contribution >= 0.6 is 0 Å². The molecule has 0 atom stereocenters. The van der Waals surface area contributed by atoms with Gasteiger partial charge in [0.05, 0.1) is 0 Å². The highest BCUT2D eigenvalue weighted by molar-refractivity contribution is 5.78. The highest BCUT2D eigenvalue weighted by Gasteiger charge is 2.02. The highest BCUT2D eigenvalue weighted by Crippen LogP contribution is 2.01. The van der Waals surface area contributed by atoms with Crippen LogP contribution < -0.4 is 10.9 Å². The smallest absolute Gasteiger partial charge is 0.264 e. The maximum Gasteiger partial charge on any atom is 0.264 e. The zero-order valence-corrected chi connectivity index (χ0v) is 9.70. The average molecular weight is 224 g/mol. The predicted molar refractivity (Wildman–Crippen MR) is 59.8 cm³/mol. The number of hydrogen-bond donors (Lipinski definition) is 2. The van der Waals surface area contributed by atoms with Crippen molar-refractivity contribution in [2.24, 2.45) is 0 Å². The fourth-order valence-corrected chi connectivity index (χ4v) is 1.14. The Hall–Kier alpha value is -1.69. The summed E-state index contributed by atoms with van der Waals surface area (Å²) in [7, 11) is 0. The molecule has 2 N–H and O–H groups in total. The van der Waals surface area contributed by atoms with Gasteiger partial charge in [-0.25, -0.2) is 9.97 Å². The number of aromatic nitrogens is 2. The largest absolute Gasteiger partial charge is 0.372 e. The standard InChI is InChI=1S/C10H16N4O2/c1-4-16-6-9(15)13-14-10-11-7(2)5-8(3)12-10/h5H,4,6H2,1-3H3,(H,13,15)(H,11,12,14). The molecular formula is C10H16N4O2. The van der Waals surface area contributed by atoms with E-state index in [-0.39, 0.29) is 12.5 Å². The summed E-state index contributed by atoms with van der Waals surface area (Å²) in [5.74, 6) is 0.118. The van der Waals surface area contributed by atoms with Gasteiger partial charge in [0.2, 0.25) is 5.95 Å². The summed E-state index contributed by atoms with van der Waals surface area (Å²) in [4.78, 5) is 19.4. The van der Waals surface area contributed by atoms with Gasteiger partial charge >= 0.3 is 0 Å². The normalized spacial score (nSPS) is 9.94. The number of carbonyl (C=O) groups is 1. The quantitative estimate of drug-likeness (QED) is 0.715. The molecule has 0 bridgehead atoms. The van der Waals surface area contributed by atoms with Gasteiger partial charge < -0.3 is 4.74 Å². The molecule has 1 aromatic rings. The van der Waals surface area contributed by atoms with Crippen LogP contribution in [-0.2, 0) is 9.53 Å². The fourth-order valence-electron chi connectivity index (χ4n) is 1.14. The lowest BCUT2D eigenvalue weighted by Gasteiger charge is -2.07. The molecule has 0 saturated carbocycles. The topological polar surface area (TPSA) is 76.1 Å². The van der Waals surface area contributed by atoms with Gasteiger partial charge in [0.25, 0.3) is 5.91 Å². The first-order valence-corrected chi connectivity index (χ1v) is 5.06. The van der Waals surface area contributed by atoms with Crippen LogP contribution in [0.5, 0.6) is 0 Å². The molecule has 0 aliphatic carbocycles. The predicted octanol–water partition coefficient (Wildman–Crippen LogP) is 0.573. The highest BCUT2D eigenvalue weighted by atomic mass is 16.5. The average Bonchev–Trinajstić information content (AvgIpc) is 2.22. The van der Waals surface area contributed by atoms with Crippen LogP contribution in [0.4, 0.5) is 5.95 Å². The van der Waals surface area contributed by atoms with Gasteiger partial charge in [0, 0.05) is 18.0 Å². The molecule has 88 valence electrons. The number of carbonyl (C=O) groups excluding carboxylic acids is 1. The molecule has 0 aliphatic heterocycles. The Balaban J connectivity index is 2.45. The minimum Gasteiger partial charge on any atom is -0.372 e. The molecule has 6 heteroatoms. The van der Waals surface area contributed by atoms with Gasteiger partial charge in [-0.1, -0.05) is 0 Å². The molecule has 1 aromatic heterocycles. The van der Waals surface area contributed by atoms with Gasteiger partial charge in [-0.05, 0) is 26.8 Å². The molecule has 6 nitrogen and oxygen atoms in total. The van der Waals surface area contributed by atoms with Crippen molar-refractivity contribution in [1.29, 1.82) is 0 Å². The lowest BCUT2D eigenvalue weighted by atomic mass is 10.4. The molecule has 0 unspecified atom stereocenters. The number of aryl methyl sites for hydroxylation is 2. The summed E-state index contributed by atoms with van der Waals surface area (Å²) in [5, 5.41) is 0. The number of nitrogens with one attached hydrogen (secondary N) is 2. The number of nitrogens with zero attached hydrogens (tertiary/aromatic N) is 2. The monoisotopic (exact) mass is 224 g/mol. The Morgan fingerprint density at radius 2 is 2.00 bits per heavy atom. The minimum absolute atomic E-state index is 0.0221. The van der Waals surface area contributed by atoms with Crippen LogP contribution in [0.3, 0.4) is 0 Å². The van der Waals surface area contributed by atoms with Crippen molar-refractivity contribution in [3.05, 3.63) is 17.5 Å². The van der Waals surface area contributed by atoms with Crippen LogP contribution in [0.15, 0.2) is 6.07 Å². The second-order valence-electron chi connectivity index (χ2n) is 3.28. The molecule has 1 rings (SSSR count). The van der Waals surface area contributed by atoms with E-state index in [0.717, 1.165) is 11.4 Å². The summed E-state index contributed by atoms with van der Waals surface area (Å²) in [6.07, 6.45) is 0. The van der Waals surface area contributed by atoms with Crippen molar-refractivity contribution in [3.63, 3.8) is 0 Å². The molecule has 16 heavy (non-hydrogen) atoms. The Bertz CT molecular complexity index is 348. The first-order valence-electron chi connectivity index (χ1n) is 5.06. The minimum atomic E-state index is -0.260. The van der Waals surface area contributed by atoms with E-state index in [2.05, 4.69) is 20.8 Å². The first-order chi connectivity index (χ1) is 7.61. The van der Waals surface area contributed by atoms with Crippen LogP contribution in [0.25, 0.3) is 0 Å². The Morgan fingerprint density at radius 1 is 1.38 bits per heavy atom. The van der Waals surface area contributed by atoms with Crippen molar-refractivity contribution in [3.8, 4) is 0 Å². The van der Waals surface area contributed by atoms with Crippen molar-refractivity contribution >= 4 is 11.9 Å². The third-order valence-corrected chi connectivity index (χ3v) is 1.73. The van der Waals surface area contributed by atoms with Crippen LogP contribution in [-0.4, -0.2) is 29.1 Å². The Morgan fingerprint density at radius 3 is 2.56 bits per heavy atom. The molecule has 1 heterocycles. The van der Waals surface area contributed by atoms with E-state index in [1.165, 1.54) is 0 Å². The van der Waals surface area contributed by atoms with Crippen molar-refractivity contribution in [2.45, 2.75) is 20.8 Å². The molecule has 0 spiro atoms. The number of hydrazine groups is 1. The summed E-state index contributed by atoms with van der Waals surface area (Å²) >= 11 is 0. The second-order valence-corrected chi connectivity index (χ2v) is 3.28. The van der Waals surface area contributed by atoms with E-state index < -0.39 is 0 Å². The summed E-state index contributed by atoms with van der Waals surface area (Å²) in [5.41, 5.74) is 6.77. The second kappa shape index (κ2) is 6.02. The SMILES string of the molecule is CCOCC(=O)NNc1nc(C)cc(C)n1. The third kappa shape index (κ3) is 4.22. The molecule has 1 amide bonds. The van der Waals surface area contributed by atoms with E-state index in [4.69, 9.17) is 4.74 Å². The number of ether oxygens (including phenoxy) is 1. The van der Waals surface area contributed by atoms with E-state index in [1.807, 2.05) is 26.8 Å². The van der Waals surface area contributed by atoms with E-state index in [0.29, 0.717) is 12.6 Å². The van der Waals surface area contributed by atoms with Gasteiger partial charge in [0.1, 0.15) is 6.61 Å². The third-order valence-electron chi connectivity index (χ3n) is 1.73. The van der Waals surface area contributed by atoms with Gasteiger partial charge in [-0.3, -0.25) is 15.6 Å². The van der Waals surface area contributed by atoms with Crippen molar-refractivity contribution in [1.82, 2.24) is 15.4 Å². The van der Waals surface area contributed by atoms with Gasteiger partial charge in [-0.2, -0.15) is 0 Å². The van der Waals surface area contributed by atoms with Crippen molar-refractivity contribution in [2.75, 3.05) is 18.6 Å². The number of anilines is 1. The summed E-state index contributed by atoms with van der Waals surface area (Å²) < 4.78 is 4.94. The van der Waals surface area contributed by atoms with Crippen molar-refractivity contribution < 1.29 is 9.53 Å². The number of rotatable bonds is 5. The van der Waals surface area contributed by atoms with E-state index in [9.17, 15) is 4.79 Å². The zero-order chi connectivity index (χ0) is 12.0. The summed E-state index contributed by atoms with van der Waals surface area (Å²) in [6, 6.07) is 1.85. The van der Waals surface area contributed by atoms with Gasteiger partial charge in [0.15, 0.2) is 0 Å². The molecule has 0 saturated heterocycles.